The van der Waals surface area contributed by atoms with E-state index in [1.54, 1.807) is 16.4 Å². The minimum Gasteiger partial charge on any atom is -0.305 e. The molecule has 1 aliphatic rings. The lowest BCUT2D eigenvalue weighted by molar-refractivity contribution is 0.347. The van der Waals surface area contributed by atoms with Crippen molar-refractivity contribution in [2.75, 3.05) is 33.2 Å². The van der Waals surface area contributed by atoms with Crippen LogP contribution in [0.25, 0.3) is 0 Å². The number of sulfonamides is 1. The number of nitrogens with zero attached hydrogens (tertiary/aromatic N) is 2. The number of hydrogen-bond donors (Lipinski definition) is 0. The highest BCUT2D eigenvalue weighted by Gasteiger charge is 2.25. The molecular weight excluding hydrogens is 296 g/mol. The molecule has 1 fully saturated rings. The maximum atomic E-state index is 12.7. The van der Waals surface area contributed by atoms with Crippen LogP contribution in [-0.4, -0.2) is 50.8 Å². The molecule has 0 unspecified atom stereocenters. The van der Waals surface area contributed by atoms with E-state index in [2.05, 4.69) is 18.7 Å². The molecule has 1 aliphatic heterocycles. The summed E-state index contributed by atoms with van der Waals surface area (Å²) in [4.78, 5) is 2.61. The topological polar surface area (TPSA) is 40.6 Å². The Balaban J connectivity index is 2.08. The van der Waals surface area contributed by atoms with Crippen LogP contribution in [0.5, 0.6) is 0 Å². The van der Waals surface area contributed by atoms with E-state index in [0.717, 1.165) is 32.4 Å². The molecule has 0 bridgehead atoms. The monoisotopic (exact) mass is 324 g/mol. The highest BCUT2D eigenvalue weighted by atomic mass is 32.2. The summed E-state index contributed by atoms with van der Waals surface area (Å²) < 4.78 is 27.1. The minimum absolute atomic E-state index is 0.422. The van der Waals surface area contributed by atoms with Crippen molar-refractivity contribution in [3.05, 3.63) is 29.8 Å². The summed E-state index contributed by atoms with van der Waals surface area (Å²) in [5.74, 6) is 0.664. The number of hydrogen-bond acceptors (Lipinski definition) is 3. The van der Waals surface area contributed by atoms with Crippen molar-refractivity contribution in [3.8, 4) is 0 Å². The SMILES string of the molecule is CC(C)CCc1ccc(S(=O)(=O)N2CCCN(C)CC2)cc1. The Kier molecular flexibility index (Phi) is 6.01. The molecule has 1 heterocycles. The van der Waals surface area contributed by atoms with Gasteiger partial charge in [0.1, 0.15) is 0 Å². The van der Waals surface area contributed by atoms with Crippen LogP contribution < -0.4 is 0 Å². The van der Waals surface area contributed by atoms with Crippen LogP contribution in [0.3, 0.4) is 0 Å². The molecule has 0 radical (unpaired) electrons. The van der Waals surface area contributed by atoms with Gasteiger partial charge in [0.2, 0.25) is 10.0 Å². The van der Waals surface area contributed by atoms with E-state index in [9.17, 15) is 8.42 Å². The Hall–Kier alpha value is -0.910. The summed E-state index contributed by atoms with van der Waals surface area (Å²) in [5.41, 5.74) is 1.21. The summed E-state index contributed by atoms with van der Waals surface area (Å²) >= 11 is 0. The van der Waals surface area contributed by atoms with Gasteiger partial charge in [-0.05, 0) is 56.5 Å². The first-order valence-corrected chi connectivity index (χ1v) is 9.61. The summed E-state index contributed by atoms with van der Waals surface area (Å²) in [5, 5.41) is 0. The lowest BCUT2D eigenvalue weighted by atomic mass is 10.0. The number of rotatable bonds is 5. The average Bonchev–Trinajstić information content (AvgIpc) is 2.70. The van der Waals surface area contributed by atoms with E-state index in [1.165, 1.54) is 5.56 Å². The van der Waals surface area contributed by atoms with Gasteiger partial charge in [0.15, 0.2) is 0 Å². The van der Waals surface area contributed by atoms with Gasteiger partial charge in [0.25, 0.3) is 0 Å². The molecule has 5 heteroatoms. The van der Waals surface area contributed by atoms with E-state index in [1.807, 2.05) is 19.2 Å². The molecule has 1 aromatic carbocycles. The summed E-state index contributed by atoms with van der Waals surface area (Å²) in [6, 6.07) is 7.44. The van der Waals surface area contributed by atoms with Crippen LogP contribution in [0, 0.1) is 5.92 Å². The van der Waals surface area contributed by atoms with E-state index in [4.69, 9.17) is 0 Å². The highest BCUT2D eigenvalue weighted by Crippen LogP contribution is 2.19. The van der Waals surface area contributed by atoms with Crippen molar-refractivity contribution in [2.24, 2.45) is 5.92 Å². The first-order chi connectivity index (χ1) is 10.4. The quantitative estimate of drug-likeness (QED) is 0.836. The molecule has 1 saturated heterocycles. The first-order valence-electron chi connectivity index (χ1n) is 8.17. The fourth-order valence-electron chi connectivity index (χ4n) is 2.70. The van der Waals surface area contributed by atoms with Crippen molar-refractivity contribution >= 4 is 10.0 Å². The summed E-state index contributed by atoms with van der Waals surface area (Å²) in [6.07, 6.45) is 3.03. The molecule has 2 rings (SSSR count). The maximum Gasteiger partial charge on any atom is 0.243 e. The summed E-state index contributed by atoms with van der Waals surface area (Å²) in [7, 11) is -1.31. The van der Waals surface area contributed by atoms with Gasteiger partial charge in [-0.2, -0.15) is 4.31 Å². The summed E-state index contributed by atoms with van der Waals surface area (Å²) in [6.45, 7) is 7.35. The lowest BCUT2D eigenvalue weighted by Crippen LogP contribution is -2.34. The molecule has 0 amide bonds. The van der Waals surface area contributed by atoms with Crippen molar-refractivity contribution < 1.29 is 8.42 Å². The van der Waals surface area contributed by atoms with Gasteiger partial charge in [-0.1, -0.05) is 26.0 Å². The number of likely N-dealkylation sites (N-methyl/N-ethyl adjacent to an activating group) is 1. The highest BCUT2D eigenvalue weighted by molar-refractivity contribution is 7.89. The fraction of sp³-hybridized carbons (Fsp3) is 0.647. The minimum atomic E-state index is -3.35. The smallest absolute Gasteiger partial charge is 0.243 e. The third-order valence-electron chi connectivity index (χ3n) is 4.25. The van der Waals surface area contributed by atoms with E-state index >= 15 is 0 Å². The predicted octanol–water partition coefficient (Wildman–Crippen LogP) is 2.60. The van der Waals surface area contributed by atoms with Crippen LogP contribution in [0.1, 0.15) is 32.3 Å². The number of aryl methyl sites for hydroxylation is 1. The van der Waals surface area contributed by atoms with Crippen LogP contribution in [-0.2, 0) is 16.4 Å². The van der Waals surface area contributed by atoms with Gasteiger partial charge < -0.3 is 4.90 Å². The number of benzene rings is 1. The zero-order valence-electron chi connectivity index (χ0n) is 14.0. The molecule has 0 aromatic heterocycles. The average molecular weight is 324 g/mol. The van der Waals surface area contributed by atoms with Crippen molar-refractivity contribution in [2.45, 2.75) is 38.0 Å². The maximum absolute atomic E-state index is 12.7. The van der Waals surface area contributed by atoms with Crippen LogP contribution in [0.4, 0.5) is 0 Å². The van der Waals surface area contributed by atoms with Gasteiger partial charge in [-0.25, -0.2) is 8.42 Å². The van der Waals surface area contributed by atoms with Crippen LogP contribution in [0.15, 0.2) is 29.2 Å². The second-order valence-corrected chi connectivity index (χ2v) is 8.58. The molecule has 0 N–H and O–H groups in total. The van der Waals surface area contributed by atoms with Gasteiger partial charge in [-0.3, -0.25) is 0 Å². The molecular formula is C17H28N2O2S. The third kappa shape index (κ3) is 4.54. The van der Waals surface area contributed by atoms with Crippen LogP contribution >= 0.6 is 0 Å². The van der Waals surface area contributed by atoms with Crippen molar-refractivity contribution in [1.82, 2.24) is 9.21 Å². The Bertz CT molecular complexity index is 567. The standard InChI is InChI=1S/C17H28N2O2S/c1-15(2)5-6-16-7-9-17(10-8-16)22(20,21)19-12-4-11-18(3)13-14-19/h7-10,15H,4-6,11-14H2,1-3H3. The Morgan fingerprint density at radius 1 is 1.05 bits per heavy atom. The van der Waals surface area contributed by atoms with Crippen LogP contribution in [0.2, 0.25) is 0 Å². The van der Waals surface area contributed by atoms with E-state index in [0.29, 0.717) is 23.9 Å². The normalized spacial score (nSPS) is 18.5. The molecule has 22 heavy (non-hydrogen) atoms. The Morgan fingerprint density at radius 3 is 2.36 bits per heavy atom. The molecule has 4 nitrogen and oxygen atoms in total. The van der Waals surface area contributed by atoms with E-state index < -0.39 is 10.0 Å². The predicted molar refractivity (Wildman–Crippen MR) is 90.5 cm³/mol. The molecule has 124 valence electrons. The molecule has 0 saturated carbocycles. The molecule has 0 spiro atoms. The van der Waals surface area contributed by atoms with Gasteiger partial charge in [0.05, 0.1) is 4.90 Å². The Labute approximate surface area is 135 Å². The van der Waals surface area contributed by atoms with Gasteiger partial charge in [-0.15, -0.1) is 0 Å². The molecule has 0 aliphatic carbocycles. The first kappa shape index (κ1) is 17.4. The van der Waals surface area contributed by atoms with Crippen molar-refractivity contribution in [1.29, 1.82) is 0 Å². The lowest BCUT2D eigenvalue weighted by Gasteiger charge is -2.20. The second kappa shape index (κ2) is 7.57. The molecule has 0 atom stereocenters. The zero-order valence-corrected chi connectivity index (χ0v) is 14.8. The zero-order chi connectivity index (χ0) is 16.2. The van der Waals surface area contributed by atoms with Gasteiger partial charge >= 0.3 is 0 Å². The fourth-order valence-corrected chi connectivity index (χ4v) is 4.17. The second-order valence-electron chi connectivity index (χ2n) is 6.64. The van der Waals surface area contributed by atoms with Crippen molar-refractivity contribution in [3.63, 3.8) is 0 Å². The molecule has 1 aromatic rings. The Morgan fingerprint density at radius 2 is 1.73 bits per heavy atom. The van der Waals surface area contributed by atoms with E-state index in [-0.39, 0.29) is 0 Å². The van der Waals surface area contributed by atoms with Gasteiger partial charge in [0, 0.05) is 19.6 Å². The third-order valence-corrected chi connectivity index (χ3v) is 6.16. The largest absolute Gasteiger partial charge is 0.305 e.